The van der Waals surface area contributed by atoms with E-state index in [1.54, 1.807) is 0 Å². The van der Waals surface area contributed by atoms with Gasteiger partial charge in [-0.3, -0.25) is 4.79 Å². The van der Waals surface area contributed by atoms with Crippen LogP contribution in [0.25, 0.3) is 0 Å². The van der Waals surface area contributed by atoms with Gasteiger partial charge in [-0.25, -0.2) is 0 Å². The summed E-state index contributed by atoms with van der Waals surface area (Å²) >= 11 is 0. The van der Waals surface area contributed by atoms with Crippen molar-refractivity contribution in [2.45, 2.75) is 6.92 Å². The number of benzene rings is 1. The van der Waals surface area contributed by atoms with Crippen LogP contribution in [0.15, 0.2) is 29.4 Å². The second-order valence-corrected chi connectivity index (χ2v) is 2.18. The summed E-state index contributed by atoms with van der Waals surface area (Å²) in [6, 6.07) is 5.98. The second kappa shape index (κ2) is 3.61. The van der Waals surface area contributed by atoms with Crippen LogP contribution in [0.2, 0.25) is 0 Å². The molecule has 0 aliphatic carbocycles. The molecule has 1 rings (SSSR count). The minimum absolute atomic E-state index is 0.311. The number of nitroso groups, excluding NO2 is 1. The van der Waals surface area contributed by atoms with E-state index >= 15 is 0 Å². The molecule has 4 nitrogen and oxygen atoms in total. The Morgan fingerprint density at radius 3 is 2.33 bits per heavy atom. The summed E-state index contributed by atoms with van der Waals surface area (Å²) in [5.41, 5.74) is 0.311. The molecule has 0 atom stereocenters. The lowest BCUT2D eigenvalue weighted by molar-refractivity contribution is -0.131. The van der Waals surface area contributed by atoms with Crippen molar-refractivity contribution in [1.29, 1.82) is 0 Å². The van der Waals surface area contributed by atoms with Crippen LogP contribution < -0.4 is 4.74 Å². The average molecular weight is 165 g/mol. The molecule has 0 amide bonds. The Morgan fingerprint density at radius 2 is 1.92 bits per heavy atom. The van der Waals surface area contributed by atoms with Gasteiger partial charge in [0.05, 0.1) is 0 Å². The van der Waals surface area contributed by atoms with Crippen molar-refractivity contribution in [2.24, 2.45) is 5.18 Å². The first-order valence-corrected chi connectivity index (χ1v) is 3.34. The molecule has 0 saturated carbocycles. The van der Waals surface area contributed by atoms with Gasteiger partial charge >= 0.3 is 5.97 Å². The highest BCUT2D eigenvalue weighted by Crippen LogP contribution is 2.17. The number of hydrogen-bond donors (Lipinski definition) is 0. The maximum absolute atomic E-state index is 10.5. The Hall–Kier alpha value is -1.71. The molecule has 0 radical (unpaired) electrons. The fourth-order valence-corrected chi connectivity index (χ4v) is 0.741. The maximum atomic E-state index is 10.5. The van der Waals surface area contributed by atoms with Crippen LogP contribution in [0.1, 0.15) is 6.92 Å². The number of esters is 1. The molecule has 0 unspecified atom stereocenters. The van der Waals surface area contributed by atoms with Gasteiger partial charge in [0, 0.05) is 6.92 Å². The highest BCUT2D eigenvalue weighted by atomic mass is 16.5. The van der Waals surface area contributed by atoms with Crippen LogP contribution >= 0.6 is 0 Å². The van der Waals surface area contributed by atoms with E-state index in [0.717, 1.165) is 0 Å². The number of rotatable bonds is 2. The Labute approximate surface area is 69.1 Å². The lowest BCUT2D eigenvalue weighted by Crippen LogP contribution is -2.00. The van der Waals surface area contributed by atoms with Crippen molar-refractivity contribution in [2.75, 3.05) is 0 Å². The third-order valence-corrected chi connectivity index (χ3v) is 1.20. The number of nitrogens with zero attached hydrogens (tertiary/aromatic N) is 1. The molecule has 0 N–H and O–H groups in total. The number of ether oxygens (including phenoxy) is 1. The van der Waals surface area contributed by atoms with Gasteiger partial charge in [-0.2, -0.15) is 0 Å². The molecular formula is C8H7NO3. The van der Waals surface area contributed by atoms with E-state index in [1.165, 1.54) is 31.2 Å². The van der Waals surface area contributed by atoms with Gasteiger partial charge in [0.1, 0.15) is 11.4 Å². The molecule has 0 fully saturated rings. The fraction of sp³-hybridized carbons (Fsp3) is 0.125. The number of carbonyl (C=O) groups excluding carboxylic acids is 1. The summed E-state index contributed by atoms with van der Waals surface area (Å²) < 4.78 is 4.73. The summed E-state index contributed by atoms with van der Waals surface area (Å²) in [6.45, 7) is 1.31. The van der Waals surface area contributed by atoms with Crippen LogP contribution in [0, 0.1) is 4.91 Å². The van der Waals surface area contributed by atoms with Gasteiger partial charge in [0.2, 0.25) is 0 Å². The molecule has 12 heavy (non-hydrogen) atoms. The highest BCUT2D eigenvalue weighted by Gasteiger charge is 1.97. The van der Waals surface area contributed by atoms with Gasteiger partial charge in [-0.15, -0.1) is 4.91 Å². The lowest BCUT2D eigenvalue weighted by atomic mass is 10.3. The third kappa shape index (κ3) is 2.16. The van der Waals surface area contributed by atoms with E-state index < -0.39 is 0 Å². The van der Waals surface area contributed by atoms with Crippen LogP contribution in [0.5, 0.6) is 5.75 Å². The van der Waals surface area contributed by atoms with Gasteiger partial charge in [0.15, 0.2) is 0 Å². The molecular weight excluding hydrogens is 158 g/mol. The molecule has 1 aromatic carbocycles. The van der Waals surface area contributed by atoms with Crippen molar-refractivity contribution in [3.63, 3.8) is 0 Å². The van der Waals surface area contributed by atoms with Gasteiger partial charge in [0.25, 0.3) is 0 Å². The van der Waals surface area contributed by atoms with Crippen LogP contribution in [-0.2, 0) is 4.79 Å². The van der Waals surface area contributed by atoms with Crippen LogP contribution in [0.3, 0.4) is 0 Å². The standard InChI is InChI=1S/C8H7NO3/c1-6(10)12-8-4-2-7(9-11)3-5-8/h2-5H,1H3. The van der Waals surface area contributed by atoms with Crippen molar-refractivity contribution in [3.8, 4) is 5.75 Å². The summed E-state index contributed by atoms with van der Waals surface area (Å²) in [4.78, 5) is 20.4. The smallest absolute Gasteiger partial charge is 0.308 e. The molecule has 0 bridgehead atoms. The van der Waals surface area contributed by atoms with E-state index in [0.29, 0.717) is 11.4 Å². The molecule has 0 aliphatic heterocycles. The van der Waals surface area contributed by atoms with Crippen molar-refractivity contribution >= 4 is 11.7 Å². The highest BCUT2D eigenvalue weighted by molar-refractivity contribution is 5.69. The Morgan fingerprint density at radius 1 is 1.33 bits per heavy atom. The van der Waals surface area contributed by atoms with Crippen molar-refractivity contribution in [3.05, 3.63) is 29.2 Å². The maximum Gasteiger partial charge on any atom is 0.308 e. The van der Waals surface area contributed by atoms with Crippen LogP contribution in [0.4, 0.5) is 5.69 Å². The van der Waals surface area contributed by atoms with Gasteiger partial charge < -0.3 is 4.74 Å². The van der Waals surface area contributed by atoms with E-state index in [2.05, 4.69) is 5.18 Å². The van der Waals surface area contributed by atoms with E-state index in [4.69, 9.17) is 4.74 Å². The Kier molecular flexibility index (Phi) is 2.53. The SMILES string of the molecule is CC(=O)Oc1ccc(N=O)cc1. The molecule has 0 aromatic heterocycles. The zero-order valence-electron chi connectivity index (χ0n) is 6.48. The summed E-state index contributed by atoms with van der Waals surface area (Å²) in [5, 5.41) is 2.70. The Bertz CT molecular complexity index is 292. The average Bonchev–Trinajstić information content (AvgIpc) is 2.05. The quantitative estimate of drug-likeness (QED) is 0.382. The van der Waals surface area contributed by atoms with Crippen molar-refractivity contribution in [1.82, 2.24) is 0 Å². The van der Waals surface area contributed by atoms with Gasteiger partial charge in [-0.1, -0.05) is 0 Å². The molecule has 0 spiro atoms. The number of hydrogen-bond acceptors (Lipinski definition) is 4. The van der Waals surface area contributed by atoms with Crippen LogP contribution in [-0.4, -0.2) is 5.97 Å². The fourth-order valence-electron chi connectivity index (χ4n) is 0.741. The topological polar surface area (TPSA) is 55.7 Å². The predicted octanol–water partition coefficient (Wildman–Crippen LogP) is 2.01. The first-order valence-electron chi connectivity index (χ1n) is 3.34. The monoisotopic (exact) mass is 165 g/mol. The lowest BCUT2D eigenvalue weighted by Gasteiger charge is -1.98. The zero-order valence-corrected chi connectivity index (χ0v) is 6.48. The molecule has 0 heterocycles. The first kappa shape index (κ1) is 8.39. The van der Waals surface area contributed by atoms with Gasteiger partial charge in [-0.05, 0) is 29.4 Å². The summed E-state index contributed by atoms with van der Waals surface area (Å²) in [5.74, 6) is 0.0247. The van der Waals surface area contributed by atoms with Crippen molar-refractivity contribution < 1.29 is 9.53 Å². The number of carbonyl (C=O) groups is 1. The molecule has 0 saturated heterocycles. The minimum atomic E-state index is -0.387. The second-order valence-electron chi connectivity index (χ2n) is 2.18. The first-order chi connectivity index (χ1) is 5.72. The third-order valence-electron chi connectivity index (χ3n) is 1.20. The zero-order chi connectivity index (χ0) is 8.97. The minimum Gasteiger partial charge on any atom is -0.427 e. The summed E-state index contributed by atoms with van der Waals surface area (Å²) in [6.07, 6.45) is 0. The normalized spacial score (nSPS) is 9.08. The predicted molar refractivity (Wildman–Crippen MR) is 43.2 cm³/mol. The Balaban J connectivity index is 2.77. The largest absolute Gasteiger partial charge is 0.427 e. The summed E-state index contributed by atoms with van der Waals surface area (Å²) in [7, 11) is 0. The molecule has 62 valence electrons. The van der Waals surface area contributed by atoms with E-state index in [9.17, 15) is 9.70 Å². The molecule has 0 aliphatic rings. The molecule has 4 heteroatoms. The van der Waals surface area contributed by atoms with E-state index in [1.807, 2.05) is 0 Å². The van der Waals surface area contributed by atoms with E-state index in [-0.39, 0.29) is 5.97 Å². The molecule has 1 aromatic rings.